The molecule has 0 spiro atoms. The van der Waals surface area contributed by atoms with E-state index in [4.69, 9.17) is 9.47 Å². The molecule has 1 heterocycles. The van der Waals surface area contributed by atoms with Gasteiger partial charge in [-0.15, -0.1) is 5.10 Å². The zero-order valence-corrected chi connectivity index (χ0v) is 15.3. The quantitative estimate of drug-likeness (QED) is 0.665. The lowest BCUT2D eigenvalue weighted by Crippen LogP contribution is -2.81. The summed E-state index contributed by atoms with van der Waals surface area (Å²) in [5.41, 5.74) is 3.28. The molecule has 0 saturated heterocycles. The molecule has 7 heteroatoms. The summed E-state index contributed by atoms with van der Waals surface area (Å²) in [5.74, 6) is 2.01. The highest BCUT2D eigenvalue weighted by Gasteiger charge is 2.12. The number of aromatic nitrogens is 4. The number of nitrogens with zero attached hydrogens (tertiary/aromatic N) is 4. The summed E-state index contributed by atoms with van der Waals surface area (Å²) in [6.07, 6.45) is 0. The number of nitrogens with two attached hydrogens (primary N) is 1. The van der Waals surface area contributed by atoms with Gasteiger partial charge in [-0.3, -0.25) is 0 Å². The van der Waals surface area contributed by atoms with Crippen molar-refractivity contribution in [1.29, 1.82) is 0 Å². The molecule has 2 aromatic carbocycles. The summed E-state index contributed by atoms with van der Waals surface area (Å²) in [6, 6.07) is 14.0. The van der Waals surface area contributed by atoms with Crippen molar-refractivity contribution >= 4 is 0 Å². The summed E-state index contributed by atoms with van der Waals surface area (Å²) in [7, 11) is 1.64. The summed E-state index contributed by atoms with van der Waals surface area (Å²) in [4.78, 5) is 0. The van der Waals surface area contributed by atoms with Crippen LogP contribution in [-0.4, -0.2) is 33.9 Å². The third-order valence-corrected chi connectivity index (χ3v) is 4.07. The first kappa shape index (κ1) is 17.9. The van der Waals surface area contributed by atoms with Gasteiger partial charge in [0.25, 0.3) is 0 Å². The normalized spacial score (nSPS) is 10.7. The average Bonchev–Trinajstić information content (AvgIpc) is 3.14. The highest BCUT2D eigenvalue weighted by molar-refractivity contribution is 5.43. The summed E-state index contributed by atoms with van der Waals surface area (Å²) in [6.45, 7) is 6.38. The maximum atomic E-state index is 5.92. The molecule has 0 unspecified atom stereocenters. The van der Waals surface area contributed by atoms with Crippen molar-refractivity contribution in [2.45, 2.75) is 27.0 Å². The third kappa shape index (κ3) is 4.18. The van der Waals surface area contributed by atoms with Crippen LogP contribution in [0.4, 0.5) is 0 Å². The smallest absolute Gasteiger partial charge is 0.194 e. The minimum absolute atomic E-state index is 0.248. The molecule has 2 N–H and O–H groups in total. The van der Waals surface area contributed by atoms with Crippen LogP contribution in [-0.2, 0) is 13.2 Å². The zero-order chi connectivity index (χ0) is 18.4. The Hall–Kier alpha value is -2.93. The van der Waals surface area contributed by atoms with Crippen LogP contribution in [0.1, 0.15) is 23.9 Å². The SMILES string of the molecule is CC[NH2+]Cc1ccc(OCc2nnnn2-c2ccc(C)cc2)c(OC)c1. The molecular weight excluding hydrogens is 330 g/mol. The standard InChI is InChI=1S/C19H23N5O2/c1-4-20-12-15-7-10-17(18(11-15)25-3)26-13-19-21-22-23-24(19)16-8-5-14(2)6-9-16/h5-11,20H,4,12-13H2,1-3H3/p+1. The second kappa shape index (κ2) is 8.44. The predicted molar refractivity (Wildman–Crippen MR) is 97.4 cm³/mol. The number of aryl methyl sites for hydroxylation is 1. The summed E-state index contributed by atoms with van der Waals surface area (Å²) in [5, 5.41) is 14.1. The van der Waals surface area contributed by atoms with Gasteiger partial charge in [-0.05, 0) is 54.6 Å². The Morgan fingerprint density at radius 2 is 1.88 bits per heavy atom. The molecule has 0 aliphatic heterocycles. The van der Waals surface area contributed by atoms with E-state index in [1.54, 1.807) is 11.8 Å². The lowest BCUT2D eigenvalue weighted by atomic mass is 10.2. The Morgan fingerprint density at radius 3 is 2.62 bits per heavy atom. The molecule has 0 amide bonds. The maximum Gasteiger partial charge on any atom is 0.194 e. The molecule has 0 atom stereocenters. The van der Waals surface area contributed by atoms with Crippen LogP contribution in [0, 0.1) is 6.92 Å². The Labute approximate surface area is 152 Å². The molecule has 136 valence electrons. The van der Waals surface area contributed by atoms with Gasteiger partial charge in [0.2, 0.25) is 0 Å². The van der Waals surface area contributed by atoms with Gasteiger partial charge in [0, 0.05) is 5.56 Å². The molecule has 26 heavy (non-hydrogen) atoms. The van der Waals surface area contributed by atoms with Crippen molar-refractivity contribution in [3.05, 3.63) is 59.4 Å². The Morgan fingerprint density at radius 1 is 1.08 bits per heavy atom. The van der Waals surface area contributed by atoms with Crippen molar-refractivity contribution in [2.24, 2.45) is 0 Å². The Kier molecular flexibility index (Phi) is 5.80. The number of methoxy groups -OCH3 is 1. The van der Waals surface area contributed by atoms with Crippen molar-refractivity contribution in [3.63, 3.8) is 0 Å². The topological polar surface area (TPSA) is 78.7 Å². The lowest BCUT2D eigenvalue weighted by molar-refractivity contribution is -0.667. The van der Waals surface area contributed by atoms with E-state index in [9.17, 15) is 0 Å². The fraction of sp³-hybridized carbons (Fsp3) is 0.316. The molecule has 0 bridgehead atoms. The molecule has 3 rings (SSSR count). The van der Waals surface area contributed by atoms with Crippen LogP contribution < -0.4 is 14.8 Å². The van der Waals surface area contributed by atoms with Crippen LogP contribution in [0.5, 0.6) is 11.5 Å². The molecule has 3 aromatic rings. The van der Waals surface area contributed by atoms with Crippen molar-refractivity contribution in [1.82, 2.24) is 20.2 Å². The summed E-state index contributed by atoms with van der Waals surface area (Å²) >= 11 is 0. The minimum Gasteiger partial charge on any atom is -0.493 e. The van der Waals surface area contributed by atoms with Crippen molar-refractivity contribution in [3.8, 4) is 17.2 Å². The zero-order valence-electron chi connectivity index (χ0n) is 15.3. The first-order chi connectivity index (χ1) is 12.7. The van der Waals surface area contributed by atoms with Crippen molar-refractivity contribution < 1.29 is 14.8 Å². The molecule has 1 aromatic heterocycles. The monoisotopic (exact) mass is 354 g/mol. The molecule has 0 fully saturated rings. The number of hydrogen-bond acceptors (Lipinski definition) is 5. The van der Waals surface area contributed by atoms with E-state index in [0.717, 1.165) is 18.8 Å². The van der Waals surface area contributed by atoms with E-state index >= 15 is 0 Å². The van der Waals surface area contributed by atoms with Gasteiger partial charge >= 0.3 is 0 Å². The summed E-state index contributed by atoms with van der Waals surface area (Å²) < 4.78 is 13.1. The molecule has 0 aliphatic carbocycles. The largest absolute Gasteiger partial charge is 0.493 e. The number of ether oxygens (including phenoxy) is 2. The van der Waals surface area contributed by atoms with Gasteiger partial charge in [0.1, 0.15) is 6.54 Å². The van der Waals surface area contributed by atoms with Gasteiger partial charge < -0.3 is 14.8 Å². The van der Waals surface area contributed by atoms with Gasteiger partial charge in [0.15, 0.2) is 23.9 Å². The number of tetrazole rings is 1. The first-order valence-electron chi connectivity index (χ1n) is 8.67. The number of benzene rings is 2. The van der Waals surface area contributed by atoms with Gasteiger partial charge in [-0.1, -0.05) is 17.7 Å². The van der Waals surface area contributed by atoms with Gasteiger partial charge in [-0.25, -0.2) is 0 Å². The molecular formula is C19H24N5O2+. The van der Waals surface area contributed by atoms with E-state index in [2.05, 4.69) is 27.8 Å². The van der Waals surface area contributed by atoms with E-state index in [1.165, 1.54) is 11.1 Å². The average molecular weight is 354 g/mol. The van der Waals surface area contributed by atoms with Crippen LogP contribution in [0.15, 0.2) is 42.5 Å². The number of hydrogen-bond donors (Lipinski definition) is 1. The molecule has 7 nitrogen and oxygen atoms in total. The van der Waals surface area contributed by atoms with Crippen LogP contribution in [0.3, 0.4) is 0 Å². The maximum absolute atomic E-state index is 5.92. The molecule has 0 saturated carbocycles. The predicted octanol–water partition coefficient (Wildman–Crippen LogP) is 1.64. The fourth-order valence-corrected chi connectivity index (χ4v) is 2.59. The van der Waals surface area contributed by atoms with E-state index in [0.29, 0.717) is 17.3 Å². The van der Waals surface area contributed by atoms with Crippen molar-refractivity contribution in [2.75, 3.05) is 13.7 Å². The first-order valence-corrected chi connectivity index (χ1v) is 8.67. The van der Waals surface area contributed by atoms with E-state index in [-0.39, 0.29) is 6.61 Å². The lowest BCUT2D eigenvalue weighted by Gasteiger charge is -2.12. The van der Waals surface area contributed by atoms with E-state index in [1.807, 2.05) is 49.4 Å². The highest BCUT2D eigenvalue weighted by Crippen LogP contribution is 2.28. The van der Waals surface area contributed by atoms with Crippen LogP contribution in [0.25, 0.3) is 5.69 Å². The minimum atomic E-state index is 0.248. The highest BCUT2D eigenvalue weighted by atomic mass is 16.5. The van der Waals surface area contributed by atoms with E-state index < -0.39 is 0 Å². The third-order valence-electron chi connectivity index (χ3n) is 4.07. The Bertz CT molecular complexity index is 845. The number of rotatable bonds is 8. The molecule has 0 aliphatic rings. The second-order valence-corrected chi connectivity index (χ2v) is 6.02. The van der Waals surface area contributed by atoms with Crippen LogP contribution in [0.2, 0.25) is 0 Å². The molecule has 0 radical (unpaired) electrons. The number of quaternary nitrogens is 1. The fourth-order valence-electron chi connectivity index (χ4n) is 2.59. The Balaban J connectivity index is 1.73. The van der Waals surface area contributed by atoms with Gasteiger partial charge in [-0.2, -0.15) is 4.68 Å². The van der Waals surface area contributed by atoms with Gasteiger partial charge in [0.05, 0.1) is 19.3 Å². The second-order valence-electron chi connectivity index (χ2n) is 6.02. The van der Waals surface area contributed by atoms with Crippen LogP contribution >= 0.6 is 0 Å².